The van der Waals surface area contributed by atoms with Crippen LogP contribution in [0.15, 0.2) is 59.1 Å². The molecule has 1 heterocycles. The summed E-state index contributed by atoms with van der Waals surface area (Å²) in [6.45, 7) is 6.40. The number of carbonyl (C=O) groups excluding carboxylic acids is 1. The predicted octanol–water partition coefficient (Wildman–Crippen LogP) is 4.13. The fourth-order valence-electron chi connectivity index (χ4n) is 2.66. The van der Waals surface area contributed by atoms with Gasteiger partial charge in [0.25, 0.3) is 5.91 Å². The SMILES string of the molecule is CCN(NC(=O)c1c(-c2ccccc2)noc1C)c1ccc(C)cc1. The highest BCUT2D eigenvalue weighted by Gasteiger charge is 2.23. The number of aryl methyl sites for hydroxylation is 2. The lowest BCUT2D eigenvalue weighted by Gasteiger charge is -2.24. The van der Waals surface area contributed by atoms with Gasteiger partial charge < -0.3 is 4.52 Å². The van der Waals surface area contributed by atoms with Gasteiger partial charge in [-0.2, -0.15) is 0 Å². The Bertz CT molecular complexity index is 854. The number of anilines is 1. The summed E-state index contributed by atoms with van der Waals surface area (Å²) in [6, 6.07) is 17.6. The third-order valence-electron chi connectivity index (χ3n) is 4.04. The average molecular weight is 335 g/mol. The van der Waals surface area contributed by atoms with E-state index in [4.69, 9.17) is 4.52 Å². The molecule has 0 aliphatic rings. The molecular formula is C20H21N3O2. The first-order chi connectivity index (χ1) is 12.1. The Kier molecular flexibility index (Phi) is 4.84. The second-order valence-electron chi connectivity index (χ2n) is 5.85. The van der Waals surface area contributed by atoms with E-state index in [1.54, 1.807) is 6.92 Å². The summed E-state index contributed by atoms with van der Waals surface area (Å²) in [5, 5.41) is 5.88. The van der Waals surface area contributed by atoms with E-state index < -0.39 is 0 Å². The lowest BCUT2D eigenvalue weighted by Crippen LogP contribution is -2.42. The number of hydrogen-bond donors (Lipinski definition) is 1. The van der Waals surface area contributed by atoms with Crippen LogP contribution in [0, 0.1) is 13.8 Å². The quantitative estimate of drug-likeness (QED) is 0.712. The number of aromatic nitrogens is 1. The Morgan fingerprint density at radius 3 is 2.40 bits per heavy atom. The highest BCUT2D eigenvalue weighted by Crippen LogP contribution is 2.25. The first-order valence-corrected chi connectivity index (χ1v) is 8.27. The molecule has 1 amide bonds. The number of carbonyl (C=O) groups is 1. The van der Waals surface area contributed by atoms with E-state index in [1.807, 2.05) is 73.5 Å². The van der Waals surface area contributed by atoms with Crippen LogP contribution in [0.5, 0.6) is 0 Å². The molecule has 1 aromatic heterocycles. The first kappa shape index (κ1) is 16.8. The number of nitrogens with zero attached hydrogens (tertiary/aromatic N) is 2. The van der Waals surface area contributed by atoms with Crippen molar-refractivity contribution in [1.29, 1.82) is 0 Å². The molecule has 0 bridgehead atoms. The zero-order valence-corrected chi connectivity index (χ0v) is 14.6. The van der Waals surface area contributed by atoms with Crippen LogP contribution in [0.2, 0.25) is 0 Å². The van der Waals surface area contributed by atoms with Gasteiger partial charge in [0, 0.05) is 12.1 Å². The lowest BCUT2D eigenvalue weighted by atomic mass is 10.1. The van der Waals surface area contributed by atoms with E-state index in [9.17, 15) is 4.79 Å². The van der Waals surface area contributed by atoms with Crippen molar-refractivity contribution in [3.8, 4) is 11.3 Å². The molecule has 128 valence electrons. The zero-order valence-electron chi connectivity index (χ0n) is 14.6. The van der Waals surface area contributed by atoms with Crippen LogP contribution in [-0.2, 0) is 0 Å². The summed E-state index contributed by atoms with van der Waals surface area (Å²) < 4.78 is 5.28. The Hall–Kier alpha value is -3.08. The van der Waals surface area contributed by atoms with Crippen molar-refractivity contribution in [2.75, 3.05) is 11.6 Å². The van der Waals surface area contributed by atoms with Gasteiger partial charge >= 0.3 is 0 Å². The summed E-state index contributed by atoms with van der Waals surface area (Å²) >= 11 is 0. The molecule has 0 aliphatic heterocycles. The summed E-state index contributed by atoms with van der Waals surface area (Å²) in [7, 11) is 0. The fraction of sp³-hybridized carbons (Fsp3) is 0.200. The zero-order chi connectivity index (χ0) is 17.8. The Morgan fingerprint density at radius 2 is 1.76 bits per heavy atom. The molecule has 1 N–H and O–H groups in total. The minimum atomic E-state index is -0.236. The van der Waals surface area contributed by atoms with Crippen LogP contribution in [0.3, 0.4) is 0 Å². The summed E-state index contributed by atoms with van der Waals surface area (Å²) in [4.78, 5) is 12.9. The molecular weight excluding hydrogens is 314 g/mol. The molecule has 0 radical (unpaired) electrons. The summed E-state index contributed by atoms with van der Waals surface area (Å²) in [6.07, 6.45) is 0. The average Bonchev–Trinajstić information content (AvgIpc) is 3.03. The van der Waals surface area contributed by atoms with Crippen molar-refractivity contribution in [2.24, 2.45) is 0 Å². The van der Waals surface area contributed by atoms with Crippen molar-refractivity contribution < 1.29 is 9.32 Å². The highest BCUT2D eigenvalue weighted by molar-refractivity contribution is 6.01. The smallest absolute Gasteiger partial charge is 0.275 e. The molecule has 0 saturated heterocycles. The third kappa shape index (κ3) is 3.55. The number of hydrogen-bond acceptors (Lipinski definition) is 4. The van der Waals surface area contributed by atoms with Crippen LogP contribution in [0.1, 0.15) is 28.6 Å². The molecule has 0 spiro atoms. The fourth-order valence-corrected chi connectivity index (χ4v) is 2.66. The maximum Gasteiger partial charge on any atom is 0.275 e. The molecule has 0 fully saturated rings. The van der Waals surface area contributed by atoms with Gasteiger partial charge in [0.2, 0.25) is 0 Å². The van der Waals surface area contributed by atoms with E-state index in [0.29, 0.717) is 23.6 Å². The first-order valence-electron chi connectivity index (χ1n) is 8.27. The molecule has 2 aromatic carbocycles. The number of nitrogens with one attached hydrogen (secondary N) is 1. The standard InChI is InChI=1S/C20H21N3O2/c1-4-23(17-12-10-14(2)11-13-17)21-20(24)18-15(3)25-22-19(18)16-8-6-5-7-9-16/h5-13H,4H2,1-3H3,(H,21,24). The van der Waals surface area contributed by atoms with Crippen molar-refractivity contribution in [2.45, 2.75) is 20.8 Å². The van der Waals surface area contributed by atoms with Gasteiger partial charge in [-0.05, 0) is 32.9 Å². The van der Waals surface area contributed by atoms with Crippen LogP contribution < -0.4 is 10.4 Å². The van der Waals surface area contributed by atoms with Crippen molar-refractivity contribution >= 4 is 11.6 Å². The number of amides is 1. The molecule has 3 rings (SSSR count). The van der Waals surface area contributed by atoms with E-state index in [0.717, 1.165) is 11.3 Å². The Morgan fingerprint density at radius 1 is 1.08 bits per heavy atom. The molecule has 0 unspecified atom stereocenters. The Balaban J connectivity index is 1.88. The summed E-state index contributed by atoms with van der Waals surface area (Å²) in [5.74, 6) is 0.261. The topological polar surface area (TPSA) is 58.4 Å². The summed E-state index contributed by atoms with van der Waals surface area (Å²) in [5.41, 5.74) is 6.91. The van der Waals surface area contributed by atoms with Crippen LogP contribution in [0.4, 0.5) is 5.69 Å². The van der Waals surface area contributed by atoms with Crippen molar-refractivity contribution in [3.63, 3.8) is 0 Å². The van der Waals surface area contributed by atoms with Crippen LogP contribution in [-0.4, -0.2) is 17.6 Å². The maximum absolute atomic E-state index is 12.9. The normalized spacial score (nSPS) is 10.5. The predicted molar refractivity (Wildman–Crippen MR) is 98.3 cm³/mol. The lowest BCUT2D eigenvalue weighted by molar-refractivity contribution is 0.0948. The van der Waals surface area contributed by atoms with Gasteiger partial charge in [-0.15, -0.1) is 0 Å². The number of hydrazine groups is 1. The second kappa shape index (κ2) is 7.21. The van der Waals surface area contributed by atoms with Crippen LogP contribution in [0.25, 0.3) is 11.3 Å². The minimum absolute atomic E-state index is 0.236. The van der Waals surface area contributed by atoms with E-state index in [1.165, 1.54) is 5.56 Å². The monoisotopic (exact) mass is 335 g/mol. The van der Waals surface area contributed by atoms with Gasteiger partial charge in [-0.25, -0.2) is 0 Å². The van der Waals surface area contributed by atoms with Crippen molar-refractivity contribution in [3.05, 3.63) is 71.5 Å². The van der Waals surface area contributed by atoms with Gasteiger partial charge in [-0.1, -0.05) is 53.2 Å². The Labute approximate surface area is 147 Å². The van der Waals surface area contributed by atoms with Gasteiger partial charge in [0.05, 0.1) is 5.69 Å². The van der Waals surface area contributed by atoms with Gasteiger partial charge in [-0.3, -0.25) is 15.2 Å². The van der Waals surface area contributed by atoms with Gasteiger partial charge in [0.1, 0.15) is 17.0 Å². The van der Waals surface area contributed by atoms with E-state index in [2.05, 4.69) is 10.6 Å². The third-order valence-corrected chi connectivity index (χ3v) is 4.04. The molecule has 5 nitrogen and oxygen atoms in total. The van der Waals surface area contributed by atoms with Crippen LogP contribution >= 0.6 is 0 Å². The van der Waals surface area contributed by atoms with E-state index in [-0.39, 0.29) is 5.91 Å². The molecule has 0 aliphatic carbocycles. The largest absolute Gasteiger partial charge is 0.360 e. The maximum atomic E-state index is 12.9. The molecule has 25 heavy (non-hydrogen) atoms. The molecule has 5 heteroatoms. The highest BCUT2D eigenvalue weighted by atomic mass is 16.5. The molecule has 0 saturated carbocycles. The number of benzene rings is 2. The minimum Gasteiger partial charge on any atom is -0.360 e. The van der Waals surface area contributed by atoms with Crippen molar-refractivity contribution in [1.82, 2.24) is 10.6 Å². The molecule has 3 aromatic rings. The van der Waals surface area contributed by atoms with E-state index >= 15 is 0 Å². The number of rotatable bonds is 5. The molecule has 0 atom stereocenters. The van der Waals surface area contributed by atoms with Gasteiger partial charge in [0.15, 0.2) is 0 Å². The second-order valence-corrected chi connectivity index (χ2v) is 5.85.